The maximum atomic E-state index is 12.9. The Morgan fingerprint density at radius 2 is 0.470 bits per heavy atom. The maximum absolute atomic E-state index is 12.9. The van der Waals surface area contributed by atoms with Crippen LogP contribution in [0.4, 0.5) is 0 Å². The highest BCUT2D eigenvalue weighted by Crippen LogP contribution is 2.15. The number of allylic oxidation sites excluding steroid dienone is 26. The Morgan fingerprint density at radius 3 is 0.759 bits per heavy atom. The van der Waals surface area contributed by atoms with Crippen molar-refractivity contribution < 1.29 is 28.6 Å². The summed E-state index contributed by atoms with van der Waals surface area (Å²) < 4.78 is 16.9. The predicted molar refractivity (Wildman–Crippen MR) is 362 cm³/mol. The van der Waals surface area contributed by atoms with E-state index < -0.39 is 6.10 Å². The lowest BCUT2D eigenvalue weighted by atomic mass is 10.1. The van der Waals surface area contributed by atoms with Crippen LogP contribution in [0.25, 0.3) is 0 Å². The maximum Gasteiger partial charge on any atom is 0.306 e. The first-order valence-corrected chi connectivity index (χ1v) is 34.0. The Hall–Kier alpha value is -4.97. The average Bonchev–Trinajstić information content (AvgIpc) is 3.50. The lowest BCUT2D eigenvalue weighted by Crippen LogP contribution is -2.30. The molecule has 0 saturated heterocycles. The minimum Gasteiger partial charge on any atom is -0.462 e. The number of esters is 3. The highest BCUT2D eigenvalue weighted by Gasteiger charge is 2.19. The van der Waals surface area contributed by atoms with Crippen LogP contribution in [0.5, 0.6) is 0 Å². The SMILES string of the molecule is CC/C=C\C/C=C\C/C=C\C/C=C\C/C=C\C/C=C\CCCCC(=O)OC(COC(=O)CCCCCCCC/C=C\C/C=C\C/C=C\C/C=C\CC)COC(=O)CCCCCCCCCCCC/C=C\C/C=C\C/C=C\CCCCCCC. The number of unbranched alkanes of at least 4 members (excludes halogenated alkanes) is 23. The second-order valence-electron chi connectivity index (χ2n) is 22.0. The van der Waals surface area contributed by atoms with Crippen molar-refractivity contribution in [3.8, 4) is 0 Å². The van der Waals surface area contributed by atoms with E-state index >= 15 is 0 Å². The second-order valence-corrected chi connectivity index (χ2v) is 22.0. The fourth-order valence-corrected chi connectivity index (χ4v) is 8.97. The molecule has 0 aliphatic carbocycles. The zero-order valence-electron chi connectivity index (χ0n) is 53.7. The van der Waals surface area contributed by atoms with E-state index in [9.17, 15) is 14.4 Å². The fraction of sp³-hybridized carbons (Fsp3) is 0.623. The van der Waals surface area contributed by atoms with E-state index in [2.05, 4.69) is 179 Å². The monoisotopic (exact) mass is 1140 g/mol. The molecule has 0 amide bonds. The Balaban J connectivity index is 4.50. The third-order valence-electron chi connectivity index (χ3n) is 14.0. The van der Waals surface area contributed by atoms with Gasteiger partial charge in [0.05, 0.1) is 0 Å². The third-order valence-corrected chi connectivity index (χ3v) is 14.0. The summed E-state index contributed by atoms with van der Waals surface area (Å²) in [5, 5.41) is 0. The molecule has 6 heteroatoms. The van der Waals surface area contributed by atoms with Crippen molar-refractivity contribution in [3.05, 3.63) is 158 Å². The number of rotatable bonds is 60. The molecule has 0 rings (SSSR count). The number of carbonyl (C=O) groups is 3. The lowest BCUT2D eigenvalue weighted by Gasteiger charge is -2.18. The predicted octanol–water partition coefficient (Wildman–Crippen LogP) is 23.7. The van der Waals surface area contributed by atoms with E-state index in [1.165, 1.54) is 103 Å². The van der Waals surface area contributed by atoms with Crippen LogP contribution in [0.15, 0.2) is 158 Å². The van der Waals surface area contributed by atoms with Gasteiger partial charge in [0.2, 0.25) is 0 Å². The van der Waals surface area contributed by atoms with Crippen LogP contribution in [0, 0.1) is 0 Å². The summed E-state index contributed by atoms with van der Waals surface area (Å²) in [6.07, 6.45) is 101. The van der Waals surface area contributed by atoms with Crippen LogP contribution in [0.2, 0.25) is 0 Å². The van der Waals surface area contributed by atoms with Gasteiger partial charge in [-0.05, 0) is 148 Å². The van der Waals surface area contributed by atoms with Crippen LogP contribution in [0.3, 0.4) is 0 Å². The van der Waals surface area contributed by atoms with E-state index in [1.807, 2.05) is 0 Å². The zero-order valence-corrected chi connectivity index (χ0v) is 53.7. The number of hydrogen-bond acceptors (Lipinski definition) is 6. The van der Waals surface area contributed by atoms with Crippen LogP contribution >= 0.6 is 0 Å². The van der Waals surface area contributed by atoms with E-state index in [0.717, 1.165) is 141 Å². The Morgan fingerprint density at radius 1 is 0.253 bits per heavy atom. The van der Waals surface area contributed by atoms with Gasteiger partial charge in [0, 0.05) is 19.3 Å². The molecule has 0 aliphatic rings. The van der Waals surface area contributed by atoms with Crippen molar-refractivity contribution in [2.45, 2.75) is 297 Å². The molecule has 0 bridgehead atoms. The molecule has 0 saturated carbocycles. The molecule has 468 valence electrons. The van der Waals surface area contributed by atoms with E-state index in [1.54, 1.807) is 0 Å². The van der Waals surface area contributed by atoms with Gasteiger partial charge in [-0.25, -0.2) is 0 Å². The van der Waals surface area contributed by atoms with Gasteiger partial charge in [0.25, 0.3) is 0 Å². The van der Waals surface area contributed by atoms with Gasteiger partial charge in [0.1, 0.15) is 13.2 Å². The number of ether oxygens (including phenoxy) is 3. The van der Waals surface area contributed by atoms with Gasteiger partial charge in [0.15, 0.2) is 6.10 Å². The summed E-state index contributed by atoms with van der Waals surface area (Å²) >= 11 is 0. The molecule has 0 aromatic carbocycles. The molecule has 0 aromatic heterocycles. The molecule has 0 fully saturated rings. The van der Waals surface area contributed by atoms with Crippen LogP contribution in [-0.2, 0) is 28.6 Å². The van der Waals surface area contributed by atoms with Crippen molar-refractivity contribution in [2.75, 3.05) is 13.2 Å². The van der Waals surface area contributed by atoms with Crippen LogP contribution in [0.1, 0.15) is 290 Å². The molecule has 0 radical (unpaired) electrons. The molecule has 0 heterocycles. The van der Waals surface area contributed by atoms with Gasteiger partial charge in [-0.15, -0.1) is 0 Å². The standard InChI is InChI=1S/C77H124O6/c1-4-7-10-13-16-19-22-25-28-31-34-36-37-38-39-41-43-46-49-52-55-58-61-64-67-70-76(79)82-73-74(72-81-75(78)69-66-63-60-57-54-51-48-45-42-33-30-27-24-21-18-15-12-9-6-3)83-77(80)71-68-65-62-59-56-53-50-47-44-40-35-32-29-26-23-20-17-14-11-8-5-2/h8-9,11-12,17-18,20-22,25-27,29-31,34-35,37-38,40,42,45,47,50,56,59,74H,4-7,10,13-16,19,23-24,28,32-33,36,39,41,43-44,46,48-49,51-55,57-58,60-73H2,1-3H3/b11-8-,12-9-,20-17-,21-18-,25-22-,29-26-,30-27-,34-31-,38-37-,40-35-,45-42-,50-47-,59-56-. The van der Waals surface area contributed by atoms with E-state index in [-0.39, 0.29) is 37.5 Å². The Bertz CT molecular complexity index is 1840. The topological polar surface area (TPSA) is 78.9 Å². The molecule has 1 unspecified atom stereocenters. The molecule has 0 spiro atoms. The summed E-state index contributed by atoms with van der Waals surface area (Å²) in [6.45, 7) is 6.36. The first-order chi connectivity index (χ1) is 41.0. The Labute approximate surface area is 511 Å². The smallest absolute Gasteiger partial charge is 0.306 e. The van der Waals surface area contributed by atoms with Crippen molar-refractivity contribution in [1.29, 1.82) is 0 Å². The van der Waals surface area contributed by atoms with E-state index in [0.29, 0.717) is 19.3 Å². The third kappa shape index (κ3) is 67.7. The molecule has 83 heavy (non-hydrogen) atoms. The van der Waals surface area contributed by atoms with Crippen molar-refractivity contribution in [1.82, 2.24) is 0 Å². The molecular formula is C77H124O6. The van der Waals surface area contributed by atoms with Gasteiger partial charge in [-0.1, -0.05) is 281 Å². The molecule has 6 nitrogen and oxygen atoms in total. The minimum absolute atomic E-state index is 0.109. The minimum atomic E-state index is -0.819. The van der Waals surface area contributed by atoms with Gasteiger partial charge in [-0.2, -0.15) is 0 Å². The second kappa shape index (κ2) is 69.5. The van der Waals surface area contributed by atoms with Gasteiger partial charge >= 0.3 is 17.9 Å². The highest BCUT2D eigenvalue weighted by molar-refractivity contribution is 5.71. The quantitative estimate of drug-likeness (QED) is 0.0261. The molecule has 1 atom stereocenters. The van der Waals surface area contributed by atoms with Gasteiger partial charge < -0.3 is 14.2 Å². The normalized spacial score (nSPS) is 13.1. The summed E-state index contributed by atoms with van der Waals surface area (Å²) in [5.41, 5.74) is 0. The lowest BCUT2D eigenvalue weighted by molar-refractivity contribution is -0.167. The van der Waals surface area contributed by atoms with Crippen molar-refractivity contribution in [3.63, 3.8) is 0 Å². The number of hydrogen-bond donors (Lipinski definition) is 0. The summed E-state index contributed by atoms with van der Waals surface area (Å²) in [5.74, 6) is -0.970. The zero-order chi connectivity index (χ0) is 59.9. The summed E-state index contributed by atoms with van der Waals surface area (Å²) in [4.78, 5) is 38.4. The fourth-order valence-electron chi connectivity index (χ4n) is 8.97. The summed E-state index contributed by atoms with van der Waals surface area (Å²) in [6, 6.07) is 0. The first-order valence-electron chi connectivity index (χ1n) is 34.0. The highest BCUT2D eigenvalue weighted by atomic mass is 16.6. The largest absolute Gasteiger partial charge is 0.462 e. The first kappa shape index (κ1) is 78.0. The Kier molecular flexibility index (Phi) is 65.4. The average molecular weight is 1150 g/mol. The summed E-state index contributed by atoms with van der Waals surface area (Å²) in [7, 11) is 0. The van der Waals surface area contributed by atoms with Crippen molar-refractivity contribution >= 4 is 17.9 Å². The van der Waals surface area contributed by atoms with Crippen LogP contribution < -0.4 is 0 Å². The molecule has 0 aliphatic heterocycles. The molecule has 0 N–H and O–H groups in total. The molecule has 0 aromatic rings. The van der Waals surface area contributed by atoms with Gasteiger partial charge in [-0.3, -0.25) is 14.4 Å². The van der Waals surface area contributed by atoms with Crippen LogP contribution in [-0.4, -0.2) is 37.2 Å². The van der Waals surface area contributed by atoms with Crippen molar-refractivity contribution in [2.24, 2.45) is 0 Å². The molecular weight excluding hydrogens is 1020 g/mol. The van der Waals surface area contributed by atoms with E-state index in [4.69, 9.17) is 14.2 Å². The number of carbonyl (C=O) groups excluding carboxylic acids is 3.